The molecular formula is C42H44N4O7. The van der Waals surface area contributed by atoms with Crippen LogP contribution in [0.1, 0.15) is 52.0 Å². The third-order valence-corrected chi connectivity index (χ3v) is 8.58. The van der Waals surface area contributed by atoms with Gasteiger partial charge in [-0.15, -0.1) is 0 Å². The number of carbonyl (C=O) groups excluding carboxylic acids is 3. The van der Waals surface area contributed by atoms with Gasteiger partial charge in [-0.3, -0.25) is 14.6 Å². The quantitative estimate of drug-likeness (QED) is 0.0768. The molecule has 0 fully saturated rings. The highest BCUT2D eigenvalue weighted by atomic mass is 16.5. The van der Waals surface area contributed by atoms with Gasteiger partial charge >= 0.3 is 12.0 Å². The zero-order chi connectivity index (χ0) is 37.5. The summed E-state index contributed by atoms with van der Waals surface area (Å²) in [6.07, 6.45) is 0.0446. The molecule has 4 aromatic carbocycles. The summed E-state index contributed by atoms with van der Waals surface area (Å²) in [7, 11) is 4.80. The van der Waals surface area contributed by atoms with E-state index < -0.39 is 11.6 Å². The lowest BCUT2D eigenvalue weighted by Crippen LogP contribution is -2.34. The molecule has 0 radical (unpaired) electrons. The van der Waals surface area contributed by atoms with E-state index in [9.17, 15) is 14.4 Å². The summed E-state index contributed by atoms with van der Waals surface area (Å²) in [5.41, 5.74) is 4.84. The van der Waals surface area contributed by atoms with E-state index in [-0.39, 0.29) is 44.5 Å². The van der Waals surface area contributed by atoms with E-state index in [0.717, 1.165) is 39.3 Å². The molecule has 0 bridgehead atoms. The number of esters is 1. The maximum atomic E-state index is 12.8. The minimum Gasteiger partial charge on any atom is -0.497 e. The zero-order valence-electron chi connectivity index (χ0n) is 30.1. The number of hydrogen-bond donors (Lipinski definition) is 3. The minimum atomic E-state index is -0.965. The summed E-state index contributed by atoms with van der Waals surface area (Å²) in [4.78, 5) is 40.5. The molecule has 0 saturated heterocycles. The van der Waals surface area contributed by atoms with E-state index in [2.05, 4.69) is 33.1 Å². The molecule has 5 rings (SSSR count). The van der Waals surface area contributed by atoms with Gasteiger partial charge in [-0.2, -0.15) is 0 Å². The monoisotopic (exact) mass is 716 g/mol. The number of carbonyl (C=O) groups is 3. The van der Waals surface area contributed by atoms with E-state index >= 15 is 0 Å². The lowest BCUT2D eigenvalue weighted by atomic mass is 9.80. The number of amides is 3. The van der Waals surface area contributed by atoms with Gasteiger partial charge in [0.05, 0.1) is 45.2 Å². The van der Waals surface area contributed by atoms with E-state index in [1.165, 1.54) is 7.05 Å². The number of urea groups is 1. The van der Waals surface area contributed by atoms with Crippen LogP contribution < -0.4 is 25.4 Å². The number of hydrogen-bond acceptors (Lipinski definition) is 8. The second kappa shape index (κ2) is 18.9. The minimum absolute atomic E-state index is 0.0150. The highest BCUT2D eigenvalue weighted by Gasteiger charge is 2.38. The van der Waals surface area contributed by atoms with Gasteiger partial charge in [0.25, 0.3) is 0 Å². The predicted molar refractivity (Wildman–Crippen MR) is 200 cm³/mol. The Morgan fingerprint density at radius 2 is 1.21 bits per heavy atom. The number of pyridine rings is 1. The standard InChI is InChI=1S/C42H44N4O7/c1-43-39(47)23-24-40(48)52-29-36-14-8-13-35(46-36)27-45-41(49)44-26-30-9-7-10-31(25-30)28-53-42(32-11-5-4-6-12-32,33-15-19-37(50-2)20-16-33)34-17-21-38(51-3)22-18-34/h4-22,25H,23-24,26-29H2,1-3H3,(H,43,47)(H2,44,45,49). The molecule has 1 aromatic heterocycles. The van der Waals surface area contributed by atoms with Crippen molar-refractivity contribution >= 4 is 17.9 Å². The largest absolute Gasteiger partial charge is 0.497 e. The van der Waals surface area contributed by atoms with E-state index in [0.29, 0.717) is 17.9 Å². The van der Waals surface area contributed by atoms with Gasteiger partial charge in [-0.05, 0) is 64.2 Å². The summed E-state index contributed by atoms with van der Waals surface area (Å²) in [6.45, 7) is 0.716. The fourth-order valence-corrected chi connectivity index (χ4v) is 5.79. The average Bonchev–Trinajstić information content (AvgIpc) is 3.21. The van der Waals surface area contributed by atoms with E-state index in [4.69, 9.17) is 18.9 Å². The summed E-state index contributed by atoms with van der Waals surface area (Å²) in [6, 6.07) is 38.7. The second-order valence-corrected chi connectivity index (χ2v) is 12.1. The third kappa shape index (κ3) is 10.4. The van der Waals surface area contributed by atoms with Gasteiger partial charge in [0.1, 0.15) is 23.7 Å². The van der Waals surface area contributed by atoms with E-state index in [1.807, 2.05) is 91.0 Å². The molecule has 0 aliphatic rings. The number of aromatic nitrogens is 1. The number of nitrogens with one attached hydrogen (secondary N) is 3. The SMILES string of the molecule is CNC(=O)CCC(=O)OCc1cccc(CNC(=O)NCc2cccc(COC(c3ccccc3)(c3ccc(OC)cc3)c3ccc(OC)cc3)c2)n1. The number of ether oxygens (including phenoxy) is 4. The molecular weight excluding hydrogens is 672 g/mol. The van der Waals surface area contributed by atoms with Gasteiger partial charge in [0.2, 0.25) is 5.91 Å². The summed E-state index contributed by atoms with van der Waals surface area (Å²) >= 11 is 0. The molecule has 0 unspecified atom stereocenters. The van der Waals surface area contributed by atoms with Crippen LogP contribution >= 0.6 is 0 Å². The van der Waals surface area contributed by atoms with Crippen molar-refractivity contribution in [1.82, 2.24) is 20.9 Å². The van der Waals surface area contributed by atoms with Crippen molar-refractivity contribution in [3.63, 3.8) is 0 Å². The summed E-state index contributed by atoms with van der Waals surface area (Å²) < 4.78 is 23.2. The zero-order valence-corrected chi connectivity index (χ0v) is 30.1. The first-order chi connectivity index (χ1) is 25.8. The Balaban J connectivity index is 1.23. The smallest absolute Gasteiger partial charge is 0.315 e. The van der Waals surface area contributed by atoms with Crippen molar-refractivity contribution in [2.24, 2.45) is 0 Å². The molecule has 3 amide bonds. The van der Waals surface area contributed by atoms with Crippen LogP contribution in [0.4, 0.5) is 4.79 Å². The highest BCUT2D eigenvalue weighted by Crippen LogP contribution is 2.42. The van der Waals surface area contributed by atoms with Crippen molar-refractivity contribution in [1.29, 1.82) is 0 Å². The predicted octanol–water partition coefficient (Wildman–Crippen LogP) is 6.18. The van der Waals surface area contributed by atoms with Crippen molar-refractivity contribution < 1.29 is 33.3 Å². The van der Waals surface area contributed by atoms with Crippen LogP contribution in [0, 0.1) is 0 Å². The normalized spacial score (nSPS) is 10.9. The summed E-state index contributed by atoms with van der Waals surface area (Å²) in [5.74, 6) is 0.770. The van der Waals surface area contributed by atoms with Gasteiger partial charge in [-0.1, -0.05) is 84.9 Å². The molecule has 274 valence electrons. The topological polar surface area (TPSA) is 137 Å². The maximum Gasteiger partial charge on any atom is 0.315 e. The second-order valence-electron chi connectivity index (χ2n) is 12.1. The van der Waals surface area contributed by atoms with Crippen LogP contribution in [0.15, 0.2) is 121 Å². The van der Waals surface area contributed by atoms with Crippen LogP contribution in [0.2, 0.25) is 0 Å². The molecule has 11 heteroatoms. The third-order valence-electron chi connectivity index (χ3n) is 8.58. The Morgan fingerprint density at radius 3 is 1.85 bits per heavy atom. The molecule has 0 spiro atoms. The highest BCUT2D eigenvalue weighted by molar-refractivity contribution is 5.81. The Labute approximate surface area is 309 Å². The maximum absolute atomic E-state index is 12.8. The van der Waals surface area contributed by atoms with Gasteiger partial charge in [0, 0.05) is 20.0 Å². The Bertz CT molecular complexity index is 1900. The van der Waals surface area contributed by atoms with Crippen molar-refractivity contribution in [2.75, 3.05) is 21.3 Å². The first-order valence-electron chi connectivity index (χ1n) is 17.2. The van der Waals surface area contributed by atoms with Crippen molar-refractivity contribution in [2.45, 2.75) is 44.7 Å². The molecule has 53 heavy (non-hydrogen) atoms. The fraction of sp³-hybridized carbons (Fsp3) is 0.238. The first-order valence-corrected chi connectivity index (χ1v) is 17.2. The van der Waals surface area contributed by atoms with Crippen LogP contribution in [0.25, 0.3) is 0 Å². The lowest BCUT2D eigenvalue weighted by Gasteiger charge is -2.36. The Hall–Kier alpha value is -6.20. The van der Waals surface area contributed by atoms with Gasteiger partial charge < -0.3 is 34.9 Å². The molecule has 0 aliphatic heterocycles. The summed E-state index contributed by atoms with van der Waals surface area (Å²) in [5, 5.41) is 8.20. The van der Waals surface area contributed by atoms with Crippen molar-refractivity contribution in [3.05, 3.63) is 161 Å². The van der Waals surface area contributed by atoms with Crippen LogP contribution in [-0.2, 0) is 51.0 Å². The fourth-order valence-electron chi connectivity index (χ4n) is 5.79. The average molecular weight is 717 g/mol. The number of methoxy groups -OCH3 is 2. The number of rotatable bonds is 17. The number of benzene rings is 4. The molecule has 0 saturated carbocycles. The molecule has 0 atom stereocenters. The molecule has 0 aliphatic carbocycles. The Kier molecular flexibility index (Phi) is 13.5. The van der Waals surface area contributed by atoms with Crippen LogP contribution in [0.3, 0.4) is 0 Å². The molecule has 3 N–H and O–H groups in total. The van der Waals surface area contributed by atoms with Crippen LogP contribution in [0.5, 0.6) is 11.5 Å². The van der Waals surface area contributed by atoms with Crippen molar-refractivity contribution in [3.8, 4) is 11.5 Å². The van der Waals surface area contributed by atoms with Gasteiger partial charge in [-0.25, -0.2) is 4.79 Å². The van der Waals surface area contributed by atoms with Crippen LogP contribution in [-0.4, -0.2) is 44.2 Å². The van der Waals surface area contributed by atoms with E-state index in [1.54, 1.807) is 32.4 Å². The van der Waals surface area contributed by atoms with Gasteiger partial charge in [0.15, 0.2) is 0 Å². The Morgan fingerprint density at radius 1 is 0.623 bits per heavy atom. The number of nitrogens with zero attached hydrogens (tertiary/aromatic N) is 1. The lowest BCUT2D eigenvalue weighted by molar-refractivity contribution is -0.146. The molecule has 5 aromatic rings. The molecule has 1 heterocycles. The molecule has 11 nitrogen and oxygen atoms in total. The first kappa shape index (κ1) is 38.0.